The first-order valence-electron chi connectivity index (χ1n) is 8.11. The third-order valence-corrected chi connectivity index (χ3v) is 4.85. The summed E-state index contributed by atoms with van der Waals surface area (Å²) in [7, 11) is 0. The second kappa shape index (κ2) is 7.72. The summed E-state index contributed by atoms with van der Waals surface area (Å²) in [5.41, 5.74) is 0.529. The van der Waals surface area contributed by atoms with Gasteiger partial charge in [-0.3, -0.25) is 10.1 Å². The van der Waals surface area contributed by atoms with Gasteiger partial charge in [-0.1, -0.05) is 31.3 Å². The number of hydrogen-bond donors (Lipinski definition) is 1. The molecule has 0 radical (unpaired) electrons. The van der Waals surface area contributed by atoms with Gasteiger partial charge < -0.3 is 9.47 Å². The molecule has 6 nitrogen and oxygen atoms in total. The van der Waals surface area contributed by atoms with Gasteiger partial charge in [0.2, 0.25) is 5.13 Å². The van der Waals surface area contributed by atoms with Crippen LogP contribution in [0.4, 0.5) is 5.13 Å². The lowest BCUT2D eigenvalue weighted by Gasteiger charge is -2.12. The first-order chi connectivity index (χ1) is 11.6. The van der Waals surface area contributed by atoms with E-state index in [1.54, 1.807) is 18.2 Å². The summed E-state index contributed by atoms with van der Waals surface area (Å²) >= 11 is 1.39. The van der Waals surface area contributed by atoms with E-state index in [9.17, 15) is 4.79 Å². The number of ether oxygens (including phenoxy) is 2. The second-order valence-electron chi connectivity index (χ2n) is 6.03. The Labute approximate surface area is 145 Å². The summed E-state index contributed by atoms with van der Waals surface area (Å²) in [6.45, 7) is 5.40. The van der Waals surface area contributed by atoms with Crippen LogP contribution in [0.3, 0.4) is 0 Å². The number of rotatable bonds is 6. The van der Waals surface area contributed by atoms with Crippen molar-refractivity contribution in [1.82, 2.24) is 10.2 Å². The standard InChI is InChI=1S/C17H21N3O3S/c1-11(2)16-19-20-17(24-16)18-15(21)12-5-3-6-13(9-12)23-10-14-7-4-8-22-14/h3,5-6,9,11,14H,4,7-8,10H2,1-2H3,(H,18,20,21). The fourth-order valence-corrected chi connectivity index (χ4v) is 3.12. The van der Waals surface area contributed by atoms with Gasteiger partial charge in [0.1, 0.15) is 17.4 Å². The van der Waals surface area contributed by atoms with Crippen molar-refractivity contribution in [2.45, 2.75) is 38.7 Å². The zero-order valence-corrected chi connectivity index (χ0v) is 14.6. The number of anilines is 1. The highest BCUT2D eigenvalue weighted by Crippen LogP contribution is 2.23. The summed E-state index contributed by atoms with van der Waals surface area (Å²) in [4.78, 5) is 12.4. The van der Waals surface area contributed by atoms with Crippen molar-refractivity contribution in [1.29, 1.82) is 0 Å². The molecule has 0 spiro atoms. The van der Waals surface area contributed by atoms with E-state index < -0.39 is 0 Å². The molecule has 1 atom stereocenters. The summed E-state index contributed by atoms with van der Waals surface area (Å²) < 4.78 is 11.3. The van der Waals surface area contributed by atoms with Gasteiger partial charge in [-0.25, -0.2) is 0 Å². The van der Waals surface area contributed by atoms with Crippen LogP contribution in [0.15, 0.2) is 24.3 Å². The molecule has 1 fully saturated rings. The van der Waals surface area contributed by atoms with Crippen molar-refractivity contribution in [2.24, 2.45) is 0 Å². The van der Waals surface area contributed by atoms with Gasteiger partial charge in [0.15, 0.2) is 0 Å². The van der Waals surface area contributed by atoms with Crippen molar-refractivity contribution < 1.29 is 14.3 Å². The maximum Gasteiger partial charge on any atom is 0.257 e. The SMILES string of the molecule is CC(C)c1nnc(NC(=O)c2cccc(OCC3CCCO3)c2)s1. The van der Waals surface area contributed by atoms with Crippen molar-refractivity contribution in [3.63, 3.8) is 0 Å². The molecule has 128 valence electrons. The van der Waals surface area contributed by atoms with E-state index >= 15 is 0 Å². The lowest BCUT2D eigenvalue weighted by atomic mass is 10.2. The van der Waals surface area contributed by atoms with Crippen LogP contribution in [0, 0.1) is 0 Å². The van der Waals surface area contributed by atoms with E-state index in [0.29, 0.717) is 29.0 Å². The van der Waals surface area contributed by atoms with Gasteiger partial charge in [-0.15, -0.1) is 10.2 Å². The van der Waals surface area contributed by atoms with Gasteiger partial charge in [0, 0.05) is 18.1 Å². The van der Waals surface area contributed by atoms with E-state index in [-0.39, 0.29) is 12.0 Å². The molecule has 1 N–H and O–H groups in total. The molecule has 0 bridgehead atoms. The molecule has 1 aromatic carbocycles. The van der Waals surface area contributed by atoms with E-state index in [1.165, 1.54) is 11.3 Å². The summed E-state index contributed by atoms with van der Waals surface area (Å²) in [5.74, 6) is 0.741. The highest BCUT2D eigenvalue weighted by Gasteiger charge is 2.17. The molecule has 2 aromatic rings. The van der Waals surface area contributed by atoms with Gasteiger partial charge in [0.25, 0.3) is 5.91 Å². The minimum Gasteiger partial charge on any atom is -0.491 e. The average Bonchev–Trinajstić information content (AvgIpc) is 3.25. The Morgan fingerprint density at radius 2 is 2.33 bits per heavy atom. The monoisotopic (exact) mass is 347 g/mol. The smallest absolute Gasteiger partial charge is 0.257 e. The number of carbonyl (C=O) groups is 1. The van der Waals surface area contributed by atoms with Crippen molar-refractivity contribution >= 4 is 22.4 Å². The largest absolute Gasteiger partial charge is 0.491 e. The van der Waals surface area contributed by atoms with E-state index in [0.717, 1.165) is 24.5 Å². The van der Waals surface area contributed by atoms with Crippen LogP contribution >= 0.6 is 11.3 Å². The quantitative estimate of drug-likeness (QED) is 0.866. The number of carbonyl (C=O) groups excluding carboxylic acids is 1. The Bertz CT molecular complexity index is 696. The molecule has 0 aliphatic carbocycles. The molecule has 1 unspecified atom stereocenters. The topological polar surface area (TPSA) is 73.3 Å². The summed E-state index contributed by atoms with van der Waals surface area (Å²) in [6.07, 6.45) is 2.25. The zero-order valence-electron chi connectivity index (χ0n) is 13.8. The Hall–Kier alpha value is -1.99. The van der Waals surface area contributed by atoms with Gasteiger partial charge in [-0.2, -0.15) is 0 Å². The zero-order chi connectivity index (χ0) is 16.9. The second-order valence-corrected chi connectivity index (χ2v) is 7.04. The van der Waals surface area contributed by atoms with Crippen LogP contribution in [0.5, 0.6) is 5.75 Å². The van der Waals surface area contributed by atoms with Crippen LogP contribution < -0.4 is 10.1 Å². The van der Waals surface area contributed by atoms with Crippen LogP contribution in [0.25, 0.3) is 0 Å². The van der Waals surface area contributed by atoms with Crippen LogP contribution in [-0.4, -0.2) is 35.4 Å². The van der Waals surface area contributed by atoms with E-state index in [2.05, 4.69) is 15.5 Å². The fraction of sp³-hybridized carbons (Fsp3) is 0.471. The van der Waals surface area contributed by atoms with Crippen LogP contribution in [0.2, 0.25) is 0 Å². The molecule has 1 aliphatic heterocycles. The van der Waals surface area contributed by atoms with Gasteiger partial charge >= 0.3 is 0 Å². The molecule has 1 amide bonds. The minimum atomic E-state index is -0.218. The highest BCUT2D eigenvalue weighted by molar-refractivity contribution is 7.15. The summed E-state index contributed by atoms with van der Waals surface area (Å²) in [6, 6.07) is 7.13. The molecule has 1 aliphatic rings. The highest BCUT2D eigenvalue weighted by atomic mass is 32.1. The minimum absolute atomic E-state index is 0.151. The summed E-state index contributed by atoms with van der Waals surface area (Å²) in [5, 5.41) is 12.3. The molecule has 24 heavy (non-hydrogen) atoms. The number of aromatic nitrogens is 2. The number of benzene rings is 1. The average molecular weight is 347 g/mol. The number of amides is 1. The third-order valence-electron chi connectivity index (χ3n) is 3.71. The van der Waals surface area contributed by atoms with Crippen LogP contribution in [0.1, 0.15) is 48.0 Å². The predicted octanol–water partition coefficient (Wildman–Crippen LogP) is 3.47. The van der Waals surface area contributed by atoms with E-state index in [1.807, 2.05) is 19.9 Å². The van der Waals surface area contributed by atoms with Crippen molar-refractivity contribution in [3.8, 4) is 5.75 Å². The molecule has 2 heterocycles. The maximum atomic E-state index is 12.4. The molecule has 3 rings (SSSR count). The Morgan fingerprint density at radius 3 is 3.04 bits per heavy atom. The normalized spacial score (nSPS) is 17.2. The molecule has 1 aromatic heterocycles. The van der Waals surface area contributed by atoms with Gasteiger partial charge in [0.05, 0.1) is 6.10 Å². The number of hydrogen-bond acceptors (Lipinski definition) is 6. The maximum absolute atomic E-state index is 12.4. The van der Waals surface area contributed by atoms with Crippen molar-refractivity contribution in [2.75, 3.05) is 18.5 Å². The Morgan fingerprint density at radius 1 is 1.46 bits per heavy atom. The Kier molecular flexibility index (Phi) is 5.42. The first-order valence-corrected chi connectivity index (χ1v) is 8.92. The molecular formula is C17H21N3O3S. The molecule has 7 heteroatoms. The molecule has 1 saturated heterocycles. The third kappa shape index (κ3) is 4.30. The lowest BCUT2D eigenvalue weighted by molar-refractivity contribution is 0.0679. The van der Waals surface area contributed by atoms with E-state index in [4.69, 9.17) is 9.47 Å². The number of nitrogens with one attached hydrogen (secondary N) is 1. The predicted molar refractivity (Wildman–Crippen MR) is 92.9 cm³/mol. The van der Waals surface area contributed by atoms with Gasteiger partial charge in [-0.05, 0) is 31.0 Å². The molecule has 0 saturated carbocycles. The first kappa shape index (κ1) is 16.9. The van der Waals surface area contributed by atoms with Crippen LogP contribution in [-0.2, 0) is 4.74 Å². The Balaban J connectivity index is 1.60. The van der Waals surface area contributed by atoms with Crippen molar-refractivity contribution in [3.05, 3.63) is 34.8 Å². The fourth-order valence-electron chi connectivity index (χ4n) is 2.38. The lowest BCUT2D eigenvalue weighted by Crippen LogP contribution is -2.17. The molecular weight excluding hydrogens is 326 g/mol. The number of nitrogens with zero attached hydrogens (tertiary/aromatic N) is 2.